The number of hydrogen-bond donors (Lipinski definition) is 1. The summed E-state index contributed by atoms with van der Waals surface area (Å²) >= 11 is 0. The van der Waals surface area contributed by atoms with Crippen molar-refractivity contribution in [1.29, 1.82) is 0 Å². The average molecular weight is 439 g/mol. The Kier molecular flexibility index (Phi) is 6.39. The van der Waals surface area contributed by atoms with Crippen molar-refractivity contribution in [3.8, 4) is 0 Å². The van der Waals surface area contributed by atoms with E-state index in [2.05, 4.69) is 5.32 Å². The number of carbonyl (C=O) groups excluding carboxylic acids is 3. The summed E-state index contributed by atoms with van der Waals surface area (Å²) in [5.74, 6) is -1.35. The zero-order valence-corrected chi connectivity index (χ0v) is 18.1. The number of aryl methyl sites for hydroxylation is 1. The van der Waals surface area contributed by atoms with Crippen LogP contribution in [0, 0.1) is 12.7 Å². The van der Waals surface area contributed by atoms with Gasteiger partial charge in [-0.3, -0.25) is 9.59 Å². The second-order valence-electron chi connectivity index (χ2n) is 8.37. The Hall–Kier alpha value is -3.42. The van der Waals surface area contributed by atoms with Crippen LogP contribution in [0.15, 0.2) is 48.5 Å². The van der Waals surface area contributed by atoms with Crippen LogP contribution in [0.5, 0.6) is 0 Å². The van der Waals surface area contributed by atoms with Gasteiger partial charge in [0.05, 0.1) is 0 Å². The third kappa shape index (κ3) is 4.90. The molecule has 2 aromatic carbocycles. The number of nitrogens with one attached hydrogen (secondary N) is 1. The first-order chi connectivity index (χ1) is 15.4. The Morgan fingerprint density at radius 1 is 1.00 bits per heavy atom. The largest absolute Gasteiger partial charge is 0.330 e. The van der Waals surface area contributed by atoms with E-state index in [4.69, 9.17) is 0 Å². The molecule has 1 N–H and O–H groups in total. The van der Waals surface area contributed by atoms with E-state index in [1.165, 1.54) is 18.2 Å². The fourth-order valence-corrected chi connectivity index (χ4v) is 4.25. The summed E-state index contributed by atoms with van der Waals surface area (Å²) in [4.78, 5) is 42.8. The molecule has 0 atom stereocenters. The number of anilines is 1. The molecule has 2 aliphatic heterocycles. The lowest BCUT2D eigenvalue weighted by Crippen LogP contribution is -2.59. The van der Waals surface area contributed by atoms with Crippen molar-refractivity contribution in [3.63, 3.8) is 0 Å². The average Bonchev–Trinajstić information content (AvgIpc) is 2.79. The molecule has 4 amide bonds. The number of rotatable bonds is 4. The molecule has 2 saturated heterocycles. The Morgan fingerprint density at radius 3 is 2.41 bits per heavy atom. The van der Waals surface area contributed by atoms with E-state index >= 15 is 0 Å². The molecule has 32 heavy (non-hydrogen) atoms. The predicted molar refractivity (Wildman–Crippen MR) is 118 cm³/mol. The van der Waals surface area contributed by atoms with Crippen LogP contribution in [0.25, 0.3) is 0 Å². The van der Waals surface area contributed by atoms with Gasteiger partial charge in [0.25, 0.3) is 0 Å². The molecule has 8 heteroatoms. The summed E-state index contributed by atoms with van der Waals surface area (Å²) in [6.45, 7) is 4.37. The van der Waals surface area contributed by atoms with Crippen molar-refractivity contribution in [2.45, 2.75) is 32.4 Å². The second kappa shape index (κ2) is 9.38. The molecule has 0 bridgehead atoms. The van der Waals surface area contributed by atoms with Gasteiger partial charge in [-0.25, -0.2) is 9.18 Å². The summed E-state index contributed by atoms with van der Waals surface area (Å²) in [6, 6.07) is 13.4. The SMILES string of the molecule is Cc1ccc(CN2CCN(C3CCN(C(=O)Nc4cccc(F)c4)CC3)C(=O)C2=O)cc1. The van der Waals surface area contributed by atoms with E-state index in [1.54, 1.807) is 20.8 Å². The molecule has 0 aliphatic carbocycles. The first-order valence-electron chi connectivity index (χ1n) is 10.9. The van der Waals surface area contributed by atoms with Gasteiger partial charge in [-0.05, 0) is 43.5 Å². The summed E-state index contributed by atoms with van der Waals surface area (Å²) < 4.78 is 13.3. The number of urea groups is 1. The van der Waals surface area contributed by atoms with E-state index in [0.29, 0.717) is 51.3 Å². The lowest BCUT2D eigenvalue weighted by atomic mass is 10.0. The van der Waals surface area contributed by atoms with E-state index in [-0.39, 0.29) is 12.1 Å². The summed E-state index contributed by atoms with van der Waals surface area (Å²) in [5, 5.41) is 2.70. The number of halogens is 1. The molecule has 0 spiro atoms. The molecule has 4 rings (SSSR count). The topological polar surface area (TPSA) is 73.0 Å². The van der Waals surface area contributed by atoms with Gasteiger partial charge in [0.15, 0.2) is 0 Å². The van der Waals surface area contributed by atoms with Crippen molar-refractivity contribution < 1.29 is 18.8 Å². The highest BCUT2D eigenvalue weighted by atomic mass is 19.1. The Balaban J connectivity index is 1.29. The summed E-state index contributed by atoms with van der Waals surface area (Å²) in [6.07, 6.45) is 1.21. The van der Waals surface area contributed by atoms with Gasteiger partial charge in [-0.15, -0.1) is 0 Å². The van der Waals surface area contributed by atoms with Crippen molar-refractivity contribution in [2.24, 2.45) is 0 Å². The smallest absolute Gasteiger partial charge is 0.321 e. The Labute approximate surface area is 186 Å². The number of nitrogens with zero attached hydrogens (tertiary/aromatic N) is 3. The maximum atomic E-state index is 13.3. The molecule has 0 saturated carbocycles. The number of piperazine rings is 1. The van der Waals surface area contributed by atoms with Crippen molar-refractivity contribution in [1.82, 2.24) is 14.7 Å². The first-order valence-corrected chi connectivity index (χ1v) is 10.9. The minimum absolute atomic E-state index is 0.0637. The fraction of sp³-hybridized carbons (Fsp3) is 0.375. The number of hydrogen-bond acceptors (Lipinski definition) is 3. The molecule has 2 aromatic rings. The molecular formula is C24H27FN4O3. The van der Waals surface area contributed by atoms with Crippen LogP contribution < -0.4 is 5.32 Å². The molecule has 7 nitrogen and oxygen atoms in total. The van der Waals surface area contributed by atoms with Crippen LogP contribution in [0.4, 0.5) is 14.9 Å². The molecular weight excluding hydrogens is 411 g/mol. The monoisotopic (exact) mass is 438 g/mol. The maximum Gasteiger partial charge on any atom is 0.321 e. The van der Waals surface area contributed by atoms with Crippen molar-refractivity contribution in [2.75, 3.05) is 31.5 Å². The predicted octanol–water partition coefficient (Wildman–Crippen LogP) is 3.00. The third-order valence-electron chi connectivity index (χ3n) is 6.10. The second-order valence-corrected chi connectivity index (χ2v) is 8.37. The third-order valence-corrected chi connectivity index (χ3v) is 6.10. The van der Waals surface area contributed by atoms with E-state index < -0.39 is 17.6 Å². The van der Waals surface area contributed by atoms with Crippen LogP contribution in [-0.4, -0.2) is 64.8 Å². The van der Waals surface area contributed by atoms with E-state index in [0.717, 1.165) is 11.1 Å². The highest BCUT2D eigenvalue weighted by Gasteiger charge is 2.38. The molecule has 0 unspecified atom stereocenters. The molecule has 0 radical (unpaired) electrons. The van der Waals surface area contributed by atoms with Gasteiger partial charge >= 0.3 is 17.8 Å². The molecule has 2 aliphatic rings. The van der Waals surface area contributed by atoms with Crippen LogP contribution in [-0.2, 0) is 16.1 Å². The minimum Gasteiger partial charge on any atom is -0.330 e. The van der Waals surface area contributed by atoms with Gasteiger partial charge in [-0.2, -0.15) is 0 Å². The van der Waals surface area contributed by atoms with Gasteiger partial charge < -0.3 is 20.0 Å². The quantitative estimate of drug-likeness (QED) is 0.746. The number of amides is 4. The first kappa shape index (κ1) is 21.8. The number of likely N-dealkylation sites (tertiary alicyclic amines) is 1. The molecule has 2 heterocycles. The lowest BCUT2D eigenvalue weighted by molar-refractivity contribution is -0.158. The van der Waals surface area contributed by atoms with Crippen LogP contribution in [0.1, 0.15) is 24.0 Å². The number of benzene rings is 2. The summed E-state index contributed by atoms with van der Waals surface area (Å²) in [5.41, 5.74) is 2.56. The van der Waals surface area contributed by atoms with Gasteiger partial charge in [0.2, 0.25) is 0 Å². The highest BCUT2D eigenvalue weighted by Crippen LogP contribution is 2.21. The highest BCUT2D eigenvalue weighted by molar-refractivity contribution is 6.35. The van der Waals surface area contributed by atoms with Crippen LogP contribution in [0.2, 0.25) is 0 Å². The molecule has 2 fully saturated rings. The van der Waals surface area contributed by atoms with E-state index in [1.807, 2.05) is 31.2 Å². The Morgan fingerprint density at radius 2 is 1.72 bits per heavy atom. The number of piperidine rings is 1. The van der Waals surface area contributed by atoms with Crippen LogP contribution in [0.3, 0.4) is 0 Å². The van der Waals surface area contributed by atoms with Crippen molar-refractivity contribution in [3.05, 3.63) is 65.5 Å². The van der Waals surface area contributed by atoms with E-state index in [9.17, 15) is 18.8 Å². The van der Waals surface area contributed by atoms with Gasteiger partial charge in [-0.1, -0.05) is 35.9 Å². The lowest BCUT2D eigenvalue weighted by Gasteiger charge is -2.42. The normalized spacial score (nSPS) is 17.6. The zero-order valence-electron chi connectivity index (χ0n) is 18.1. The maximum absolute atomic E-state index is 13.3. The molecule has 0 aromatic heterocycles. The fourth-order valence-electron chi connectivity index (χ4n) is 4.25. The summed E-state index contributed by atoms with van der Waals surface area (Å²) in [7, 11) is 0. The van der Waals surface area contributed by atoms with Gasteiger partial charge in [0, 0.05) is 44.5 Å². The standard InChI is InChI=1S/C24H27FN4O3/c1-17-5-7-18(8-6-17)16-28-13-14-29(23(31)22(28)30)21-9-11-27(12-10-21)24(32)26-20-4-2-3-19(25)15-20/h2-8,15,21H,9-14,16H2,1H3,(H,26,32). The van der Waals surface area contributed by atoms with Crippen LogP contribution >= 0.6 is 0 Å². The van der Waals surface area contributed by atoms with Crippen molar-refractivity contribution >= 4 is 23.5 Å². The number of carbonyl (C=O) groups is 3. The minimum atomic E-state index is -0.469. The Bertz CT molecular complexity index is 1000. The molecule has 168 valence electrons. The zero-order chi connectivity index (χ0) is 22.7. The van der Waals surface area contributed by atoms with Gasteiger partial charge in [0.1, 0.15) is 5.82 Å².